The molecule has 5 nitrogen and oxygen atoms in total. The predicted molar refractivity (Wildman–Crippen MR) is 85.4 cm³/mol. The van der Waals surface area contributed by atoms with Crippen molar-refractivity contribution in [1.82, 2.24) is 10.6 Å². The van der Waals surface area contributed by atoms with Crippen LogP contribution in [0, 0.1) is 6.92 Å². The minimum absolute atomic E-state index is 0.368. The molecule has 21 heavy (non-hydrogen) atoms. The number of methoxy groups -OCH3 is 1. The van der Waals surface area contributed by atoms with Crippen LogP contribution >= 0.6 is 11.8 Å². The van der Waals surface area contributed by atoms with E-state index in [2.05, 4.69) is 10.6 Å². The minimum atomic E-state index is -0.611. The van der Waals surface area contributed by atoms with Crippen LogP contribution in [-0.4, -0.2) is 37.2 Å². The molecule has 1 aromatic carbocycles. The van der Waals surface area contributed by atoms with E-state index >= 15 is 0 Å². The molecule has 0 bridgehead atoms. The van der Waals surface area contributed by atoms with Crippen LogP contribution in [0.2, 0.25) is 0 Å². The van der Waals surface area contributed by atoms with E-state index in [1.165, 1.54) is 12.7 Å². The summed E-state index contributed by atoms with van der Waals surface area (Å²) in [6.45, 7) is 2.43. The van der Waals surface area contributed by atoms with E-state index in [1.807, 2.05) is 37.4 Å². The molecule has 1 rings (SSSR count). The van der Waals surface area contributed by atoms with Gasteiger partial charge in [-0.25, -0.2) is 9.59 Å². The lowest BCUT2D eigenvalue weighted by molar-refractivity contribution is -0.142. The number of benzene rings is 1. The van der Waals surface area contributed by atoms with Crippen LogP contribution in [-0.2, 0) is 16.1 Å². The topological polar surface area (TPSA) is 67.4 Å². The van der Waals surface area contributed by atoms with Gasteiger partial charge in [0.05, 0.1) is 7.11 Å². The fraction of sp³-hybridized carbons (Fsp3) is 0.467. The lowest BCUT2D eigenvalue weighted by atomic mass is 10.1. The van der Waals surface area contributed by atoms with Gasteiger partial charge in [-0.1, -0.05) is 29.8 Å². The van der Waals surface area contributed by atoms with Crippen LogP contribution in [0.3, 0.4) is 0 Å². The van der Waals surface area contributed by atoms with Gasteiger partial charge in [0.1, 0.15) is 6.04 Å². The number of nitrogens with one attached hydrogen (secondary N) is 2. The quantitative estimate of drug-likeness (QED) is 0.757. The van der Waals surface area contributed by atoms with E-state index in [0.29, 0.717) is 13.0 Å². The average Bonchev–Trinajstić information content (AvgIpc) is 2.50. The molecular formula is C15H22N2O3S. The normalized spacial score (nSPS) is 11.6. The van der Waals surface area contributed by atoms with E-state index in [4.69, 9.17) is 4.74 Å². The summed E-state index contributed by atoms with van der Waals surface area (Å²) in [7, 11) is 1.32. The third-order valence-corrected chi connectivity index (χ3v) is 3.62. The zero-order chi connectivity index (χ0) is 15.7. The van der Waals surface area contributed by atoms with Crippen molar-refractivity contribution in [3.63, 3.8) is 0 Å². The molecule has 0 aliphatic heterocycles. The Morgan fingerprint density at radius 1 is 1.29 bits per heavy atom. The molecule has 0 saturated heterocycles. The molecule has 1 aromatic rings. The van der Waals surface area contributed by atoms with E-state index in [-0.39, 0.29) is 6.03 Å². The third-order valence-electron chi connectivity index (χ3n) is 2.98. The molecule has 0 spiro atoms. The number of hydrogen-bond acceptors (Lipinski definition) is 4. The Bertz CT molecular complexity index is 462. The molecule has 0 aliphatic carbocycles. The van der Waals surface area contributed by atoms with Gasteiger partial charge >= 0.3 is 12.0 Å². The Labute approximate surface area is 129 Å². The van der Waals surface area contributed by atoms with Gasteiger partial charge in [-0.05, 0) is 30.9 Å². The van der Waals surface area contributed by atoms with Crippen LogP contribution in [0.4, 0.5) is 4.79 Å². The van der Waals surface area contributed by atoms with Gasteiger partial charge in [0.2, 0.25) is 0 Å². The SMILES string of the molecule is COC(=O)C(CCSC)NC(=O)NCc1ccc(C)cc1. The Kier molecular flexibility index (Phi) is 7.68. The highest BCUT2D eigenvalue weighted by atomic mass is 32.2. The first kappa shape index (κ1) is 17.4. The molecule has 0 radical (unpaired) electrons. The van der Waals surface area contributed by atoms with Gasteiger partial charge in [-0.2, -0.15) is 11.8 Å². The number of carbonyl (C=O) groups excluding carboxylic acids is 2. The van der Waals surface area contributed by atoms with Gasteiger partial charge in [-0.3, -0.25) is 0 Å². The van der Waals surface area contributed by atoms with Crippen molar-refractivity contribution < 1.29 is 14.3 Å². The van der Waals surface area contributed by atoms with E-state index in [9.17, 15) is 9.59 Å². The fourth-order valence-corrected chi connectivity index (χ4v) is 2.20. The number of hydrogen-bond donors (Lipinski definition) is 2. The van der Waals surface area contributed by atoms with E-state index in [1.54, 1.807) is 11.8 Å². The molecule has 1 atom stereocenters. The van der Waals surface area contributed by atoms with Crippen LogP contribution in [0.1, 0.15) is 17.5 Å². The monoisotopic (exact) mass is 310 g/mol. The first-order valence-electron chi connectivity index (χ1n) is 6.73. The first-order valence-corrected chi connectivity index (χ1v) is 8.13. The Morgan fingerprint density at radius 3 is 2.52 bits per heavy atom. The zero-order valence-corrected chi connectivity index (χ0v) is 13.5. The van der Waals surface area contributed by atoms with Gasteiger partial charge in [0.15, 0.2) is 0 Å². The molecular weight excluding hydrogens is 288 g/mol. The highest BCUT2D eigenvalue weighted by molar-refractivity contribution is 7.98. The number of amides is 2. The molecule has 0 aliphatic rings. The summed E-state index contributed by atoms with van der Waals surface area (Å²) < 4.78 is 4.70. The summed E-state index contributed by atoms with van der Waals surface area (Å²) in [6, 6.07) is 6.92. The maximum Gasteiger partial charge on any atom is 0.328 e. The lowest BCUT2D eigenvalue weighted by Crippen LogP contribution is -2.46. The Morgan fingerprint density at radius 2 is 1.95 bits per heavy atom. The molecule has 2 N–H and O–H groups in total. The highest BCUT2D eigenvalue weighted by Gasteiger charge is 2.20. The minimum Gasteiger partial charge on any atom is -0.467 e. The Hall–Kier alpha value is -1.69. The largest absolute Gasteiger partial charge is 0.467 e. The summed E-state index contributed by atoms with van der Waals surface area (Å²) in [5.41, 5.74) is 2.18. The second-order valence-corrected chi connectivity index (χ2v) is 5.66. The predicted octanol–water partition coefficient (Wildman–Crippen LogP) is 2.09. The maximum atomic E-state index is 11.8. The van der Waals surface area contributed by atoms with Crippen molar-refractivity contribution in [1.29, 1.82) is 0 Å². The summed E-state index contributed by atoms with van der Waals surface area (Å²) in [4.78, 5) is 23.4. The van der Waals surface area contributed by atoms with Crippen LogP contribution in [0.5, 0.6) is 0 Å². The smallest absolute Gasteiger partial charge is 0.328 e. The van der Waals surface area contributed by atoms with Crippen molar-refractivity contribution in [2.24, 2.45) is 0 Å². The molecule has 6 heteroatoms. The number of carbonyl (C=O) groups is 2. The van der Waals surface area contributed by atoms with E-state index < -0.39 is 12.0 Å². The first-order chi connectivity index (χ1) is 10.1. The van der Waals surface area contributed by atoms with Gasteiger partial charge in [0, 0.05) is 6.54 Å². The molecule has 0 heterocycles. The van der Waals surface area contributed by atoms with Crippen LogP contribution in [0.15, 0.2) is 24.3 Å². The highest BCUT2D eigenvalue weighted by Crippen LogP contribution is 2.04. The average molecular weight is 310 g/mol. The fourth-order valence-electron chi connectivity index (χ4n) is 1.72. The number of urea groups is 1. The van der Waals surface area contributed by atoms with Crippen molar-refractivity contribution in [3.8, 4) is 0 Å². The van der Waals surface area contributed by atoms with Crippen molar-refractivity contribution in [2.75, 3.05) is 19.1 Å². The molecule has 116 valence electrons. The standard InChI is InChI=1S/C15H22N2O3S/c1-11-4-6-12(7-5-11)10-16-15(19)17-13(8-9-21-3)14(18)20-2/h4-7,13H,8-10H2,1-3H3,(H2,16,17,19). The van der Waals surface area contributed by atoms with Crippen LogP contribution < -0.4 is 10.6 Å². The molecule has 2 amide bonds. The lowest BCUT2D eigenvalue weighted by Gasteiger charge is -2.16. The second-order valence-electron chi connectivity index (χ2n) is 4.67. The number of ether oxygens (including phenoxy) is 1. The van der Waals surface area contributed by atoms with Crippen molar-refractivity contribution in [2.45, 2.75) is 25.9 Å². The van der Waals surface area contributed by atoms with Crippen molar-refractivity contribution in [3.05, 3.63) is 35.4 Å². The summed E-state index contributed by atoms with van der Waals surface area (Å²) in [5.74, 6) is 0.354. The number of aryl methyl sites for hydroxylation is 1. The molecule has 1 unspecified atom stereocenters. The summed E-state index contributed by atoms with van der Waals surface area (Å²) >= 11 is 1.62. The third kappa shape index (κ3) is 6.53. The zero-order valence-electron chi connectivity index (χ0n) is 12.6. The molecule has 0 saturated carbocycles. The number of rotatable bonds is 7. The summed E-state index contributed by atoms with van der Waals surface area (Å²) in [5, 5.41) is 5.39. The Balaban J connectivity index is 2.45. The van der Waals surface area contributed by atoms with Gasteiger partial charge < -0.3 is 15.4 Å². The van der Waals surface area contributed by atoms with E-state index in [0.717, 1.165) is 11.3 Å². The molecule has 0 fully saturated rings. The number of esters is 1. The van der Waals surface area contributed by atoms with Gasteiger partial charge in [0.25, 0.3) is 0 Å². The maximum absolute atomic E-state index is 11.8. The van der Waals surface area contributed by atoms with Crippen LogP contribution in [0.25, 0.3) is 0 Å². The molecule has 0 aromatic heterocycles. The van der Waals surface area contributed by atoms with Gasteiger partial charge in [-0.15, -0.1) is 0 Å². The van der Waals surface area contributed by atoms with Crippen molar-refractivity contribution >= 4 is 23.8 Å². The number of thioether (sulfide) groups is 1. The summed E-state index contributed by atoms with van der Waals surface area (Å²) in [6.07, 6.45) is 2.50. The second kappa shape index (κ2) is 9.28.